The molecule has 1 aliphatic heterocycles. The Balaban J connectivity index is 1.80. The lowest BCUT2D eigenvalue weighted by Crippen LogP contribution is -2.33. The molecule has 0 spiro atoms. The van der Waals surface area contributed by atoms with Crippen LogP contribution in [0.5, 0.6) is 0 Å². The number of thioether (sulfide) groups is 1. The maximum absolute atomic E-state index is 15.8. The Labute approximate surface area is 205 Å². The number of nitrogens with one attached hydrogen (secondary N) is 1. The second kappa shape index (κ2) is 9.19. The molecule has 0 bridgehead atoms. The predicted octanol–water partition coefficient (Wildman–Crippen LogP) is 4.98. The maximum Gasteiger partial charge on any atom is 0.220 e. The lowest BCUT2D eigenvalue weighted by Gasteiger charge is -2.27. The van der Waals surface area contributed by atoms with Gasteiger partial charge in [0.2, 0.25) is 5.95 Å². The minimum Gasteiger partial charge on any atom is -0.371 e. The van der Waals surface area contributed by atoms with Crippen LogP contribution in [0.15, 0.2) is 53.6 Å². The second-order valence-electron chi connectivity index (χ2n) is 9.10. The highest BCUT2D eigenvalue weighted by atomic mass is 32.2. The van der Waals surface area contributed by atoms with Crippen LogP contribution in [0, 0.1) is 22.9 Å². The van der Waals surface area contributed by atoms with Gasteiger partial charge >= 0.3 is 0 Å². The van der Waals surface area contributed by atoms with E-state index in [9.17, 15) is 17.2 Å². The Kier molecular flexibility index (Phi) is 6.58. The van der Waals surface area contributed by atoms with E-state index in [1.54, 1.807) is 6.07 Å². The van der Waals surface area contributed by atoms with E-state index in [-0.39, 0.29) is 27.9 Å². The number of sulfone groups is 1. The summed E-state index contributed by atoms with van der Waals surface area (Å²) >= 11 is 1.45. The predicted molar refractivity (Wildman–Crippen MR) is 131 cm³/mol. The van der Waals surface area contributed by atoms with Crippen LogP contribution in [0.25, 0.3) is 10.6 Å². The summed E-state index contributed by atoms with van der Waals surface area (Å²) in [6, 6.07) is 8.69. The quantitative estimate of drug-likeness (QED) is 0.489. The smallest absolute Gasteiger partial charge is 0.220 e. The van der Waals surface area contributed by atoms with E-state index in [0.717, 1.165) is 18.2 Å². The van der Waals surface area contributed by atoms with Crippen molar-refractivity contribution < 1.29 is 21.6 Å². The number of hydrogen-bond donors (Lipinski definition) is 2. The zero-order valence-corrected chi connectivity index (χ0v) is 20.8. The van der Waals surface area contributed by atoms with E-state index in [2.05, 4.69) is 15.3 Å². The average molecular weight is 521 g/mol. The number of nitrogens with two attached hydrogens (primary N) is 1. The van der Waals surface area contributed by atoms with Crippen molar-refractivity contribution in [2.24, 2.45) is 5.41 Å². The normalized spacial score (nSPS) is 16.5. The Hall–Kier alpha value is -3.05. The molecule has 0 amide bonds. The Morgan fingerprint density at radius 1 is 1.06 bits per heavy atom. The summed E-state index contributed by atoms with van der Waals surface area (Å²) in [6.07, 6.45) is 1.50. The molecule has 184 valence electrons. The lowest BCUT2D eigenvalue weighted by atomic mass is 9.96. The van der Waals surface area contributed by atoms with Gasteiger partial charge in [0.15, 0.2) is 9.84 Å². The van der Waals surface area contributed by atoms with Crippen molar-refractivity contribution in [1.29, 1.82) is 0 Å². The molecule has 1 aliphatic rings. The van der Waals surface area contributed by atoms with Crippen LogP contribution in [0.1, 0.15) is 37.6 Å². The molecule has 4 rings (SSSR count). The molecule has 0 radical (unpaired) electrons. The number of hydrogen-bond acceptors (Lipinski definition) is 7. The summed E-state index contributed by atoms with van der Waals surface area (Å²) in [4.78, 5) is 7.71. The molecule has 11 heteroatoms. The summed E-state index contributed by atoms with van der Waals surface area (Å²) in [5, 5.41) is 3.18. The molecule has 0 fully saturated rings. The first-order chi connectivity index (χ1) is 16.4. The van der Waals surface area contributed by atoms with Gasteiger partial charge in [-0.05, 0) is 29.7 Å². The standard InChI is InChI=1S/C24H23F3N4O2S2/c1-24(2,3)22-31-19(20(34-22)17-10-11-29-23(28)30-17)14-7-4-6-13(18(14)27)12-35(32,33)21-15(25)8-5-9-16(21)26/h4-11,22,31H,12H2,1-3H3,(H2,28,29,30). The monoisotopic (exact) mass is 520 g/mol. The lowest BCUT2D eigenvalue weighted by molar-refractivity contribution is 0.379. The van der Waals surface area contributed by atoms with E-state index >= 15 is 4.39 Å². The SMILES string of the molecule is CC(C)(C)C1NC(c2cccc(CS(=O)(=O)c3c(F)cccc3F)c2F)=C(c2ccnc(N)n2)S1. The van der Waals surface area contributed by atoms with Gasteiger partial charge in [0, 0.05) is 17.3 Å². The molecule has 2 heterocycles. The molecule has 3 N–H and O–H groups in total. The van der Waals surface area contributed by atoms with E-state index in [1.165, 1.54) is 36.2 Å². The van der Waals surface area contributed by atoms with Crippen LogP contribution in [0.2, 0.25) is 0 Å². The molecule has 6 nitrogen and oxygen atoms in total. The summed E-state index contributed by atoms with van der Waals surface area (Å²) < 4.78 is 69.7. The molecule has 0 saturated heterocycles. The van der Waals surface area contributed by atoms with Crippen molar-refractivity contribution in [1.82, 2.24) is 15.3 Å². The van der Waals surface area contributed by atoms with Crippen LogP contribution in [0.3, 0.4) is 0 Å². The molecule has 0 aliphatic carbocycles. The third-order valence-corrected chi connectivity index (χ3v) is 8.77. The maximum atomic E-state index is 15.8. The van der Waals surface area contributed by atoms with E-state index in [0.29, 0.717) is 16.3 Å². The van der Waals surface area contributed by atoms with E-state index in [1.807, 2.05) is 20.8 Å². The van der Waals surface area contributed by atoms with Gasteiger partial charge < -0.3 is 11.1 Å². The summed E-state index contributed by atoms with van der Waals surface area (Å²) in [7, 11) is -4.51. The molecule has 3 aromatic rings. The van der Waals surface area contributed by atoms with Crippen molar-refractivity contribution in [2.45, 2.75) is 36.8 Å². The molecular weight excluding hydrogens is 497 g/mol. The van der Waals surface area contributed by atoms with Crippen molar-refractivity contribution in [3.8, 4) is 0 Å². The molecular formula is C24H23F3N4O2S2. The van der Waals surface area contributed by atoms with Crippen LogP contribution < -0.4 is 11.1 Å². The third kappa shape index (κ3) is 5.01. The summed E-state index contributed by atoms with van der Waals surface area (Å²) in [5.41, 5.74) is 6.33. The fourth-order valence-corrected chi connectivity index (χ4v) is 6.42. The topological polar surface area (TPSA) is 98.0 Å². The Bertz CT molecular complexity index is 1420. The first kappa shape index (κ1) is 25.1. The largest absolute Gasteiger partial charge is 0.371 e. The number of nitrogens with zero attached hydrogens (tertiary/aromatic N) is 2. The minimum atomic E-state index is -4.51. The minimum absolute atomic E-state index is 0.0568. The first-order valence-electron chi connectivity index (χ1n) is 10.6. The number of benzene rings is 2. The van der Waals surface area contributed by atoms with Gasteiger partial charge in [-0.25, -0.2) is 31.6 Å². The highest BCUT2D eigenvalue weighted by Gasteiger charge is 2.36. The zero-order valence-electron chi connectivity index (χ0n) is 19.1. The molecule has 35 heavy (non-hydrogen) atoms. The van der Waals surface area contributed by atoms with Crippen molar-refractivity contribution in [3.05, 3.63) is 82.9 Å². The second-order valence-corrected chi connectivity index (χ2v) is 12.1. The van der Waals surface area contributed by atoms with Gasteiger partial charge in [-0.3, -0.25) is 0 Å². The van der Waals surface area contributed by atoms with Gasteiger partial charge in [-0.2, -0.15) is 0 Å². The summed E-state index contributed by atoms with van der Waals surface area (Å²) in [5.74, 6) is -4.13. The van der Waals surface area contributed by atoms with E-state index < -0.39 is 37.9 Å². The highest BCUT2D eigenvalue weighted by molar-refractivity contribution is 8.09. The van der Waals surface area contributed by atoms with Crippen LogP contribution in [-0.4, -0.2) is 23.8 Å². The fourth-order valence-electron chi connectivity index (χ4n) is 3.63. The number of halogens is 3. The van der Waals surface area contributed by atoms with E-state index in [4.69, 9.17) is 5.73 Å². The number of nitrogen functional groups attached to an aromatic ring is 1. The highest BCUT2D eigenvalue weighted by Crippen LogP contribution is 2.47. The van der Waals surface area contributed by atoms with Gasteiger partial charge in [0.05, 0.1) is 27.4 Å². The van der Waals surface area contributed by atoms with Crippen LogP contribution in [0.4, 0.5) is 19.1 Å². The fraction of sp³-hybridized carbons (Fsp3) is 0.250. The summed E-state index contributed by atoms with van der Waals surface area (Å²) in [6.45, 7) is 6.07. The van der Waals surface area contributed by atoms with Crippen LogP contribution in [-0.2, 0) is 15.6 Å². The van der Waals surface area contributed by atoms with Crippen molar-refractivity contribution in [3.63, 3.8) is 0 Å². The third-order valence-electron chi connectivity index (χ3n) is 5.36. The van der Waals surface area contributed by atoms with Crippen molar-refractivity contribution in [2.75, 3.05) is 5.73 Å². The molecule has 1 atom stereocenters. The van der Waals surface area contributed by atoms with Gasteiger partial charge in [0.25, 0.3) is 0 Å². The molecule has 2 aromatic carbocycles. The van der Waals surface area contributed by atoms with Gasteiger partial charge in [-0.15, -0.1) is 0 Å². The zero-order chi connectivity index (χ0) is 25.5. The Morgan fingerprint density at radius 3 is 2.34 bits per heavy atom. The average Bonchev–Trinajstić information content (AvgIpc) is 3.21. The van der Waals surface area contributed by atoms with Gasteiger partial charge in [-0.1, -0.05) is 50.7 Å². The first-order valence-corrected chi connectivity index (χ1v) is 13.1. The molecule has 1 aromatic heterocycles. The van der Waals surface area contributed by atoms with Crippen LogP contribution >= 0.6 is 11.8 Å². The molecule has 1 unspecified atom stereocenters. The van der Waals surface area contributed by atoms with Crippen molar-refractivity contribution >= 4 is 38.1 Å². The number of rotatable bonds is 5. The Morgan fingerprint density at radius 2 is 1.71 bits per heavy atom. The van der Waals surface area contributed by atoms with Gasteiger partial charge in [0.1, 0.15) is 22.3 Å². The number of anilines is 1. The number of aromatic nitrogens is 2. The molecule has 0 saturated carbocycles.